The number of rotatable bonds is 0. The summed E-state index contributed by atoms with van der Waals surface area (Å²) in [6.45, 7) is 0. The van der Waals surface area contributed by atoms with Crippen molar-refractivity contribution in [2.45, 2.75) is 12.8 Å². The van der Waals surface area contributed by atoms with Gasteiger partial charge in [-0.3, -0.25) is 0 Å². The van der Waals surface area contributed by atoms with Gasteiger partial charge in [0.15, 0.2) is 0 Å². The summed E-state index contributed by atoms with van der Waals surface area (Å²) in [4.78, 5) is 11.3. The molecule has 0 bridgehead atoms. The molecule has 14 heavy (non-hydrogen) atoms. The Balaban J connectivity index is 2.34. The van der Waals surface area contributed by atoms with Gasteiger partial charge in [-0.15, -0.1) is 0 Å². The number of H-pyrrole nitrogens is 1. The summed E-state index contributed by atoms with van der Waals surface area (Å²) < 4.78 is 4.79. The minimum atomic E-state index is -0.227. The molecule has 1 aliphatic carbocycles. The maximum Gasteiger partial charge on any atom is 0.361 e. The Hall–Kier alpha value is -1.77. The highest BCUT2D eigenvalue weighted by atomic mass is 16.5. The van der Waals surface area contributed by atoms with Crippen LogP contribution in [0.3, 0.4) is 0 Å². The number of fused-ring (bicyclic) bond motifs is 3. The zero-order chi connectivity index (χ0) is 9.54. The first-order valence-electron chi connectivity index (χ1n) is 4.65. The molecule has 1 aliphatic rings. The number of hydrogen-bond donors (Lipinski definition) is 1. The van der Waals surface area contributed by atoms with Crippen LogP contribution in [0.5, 0.6) is 0 Å². The van der Waals surface area contributed by atoms with Gasteiger partial charge in [0.1, 0.15) is 0 Å². The fourth-order valence-electron chi connectivity index (χ4n) is 2.01. The molecule has 0 saturated carbocycles. The topological polar surface area (TPSA) is 46.0 Å². The predicted molar refractivity (Wildman–Crippen MR) is 52.2 cm³/mol. The Bertz CT molecular complexity index is 536. The Labute approximate surface area is 80.3 Å². The highest BCUT2D eigenvalue weighted by molar-refractivity contribution is 5.68. The standard InChI is InChI=1S/C11H9NO2/c13-11-9-6-5-7-3-1-2-4-8(7)10(9)12-14-11/h1-4,12H,5-6H2. The molecular formula is C11H9NO2. The maximum atomic E-state index is 11.3. The van der Waals surface area contributed by atoms with Crippen molar-refractivity contribution in [3.8, 4) is 11.3 Å². The van der Waals surface area contributed by atoms with Crippen molar-refractivity contribution in [2.75, 3.05) is 0 Å². The first kappa shape index (κ1) is 7.62. The molecule has 1 aromatic heterocycles. The summed E-state index contributed by atoms with van der Waals surface area (Å²) in [6, 6.07) is 8.09. The lowest BCUT2D eigenvalue weighted by molar-refractivity contribution is 0.392. The average molecular weight is 187 g/mol. The highest BCUT2D eigenvalue weighted by Crippen LogP contribution is 2.29. The molecule has 2 aromatic rings. The second-order valence-electron chi connectivity index (χ2n) is 3.50. The number of aromatic amines is 1. The highest BCUT2D eigenvalue weighted by Gasteiger charge is 2.20. The van der Waals surface area contributed by atoms with Crippen molar-refractivity contribution >= 4 is 0 Å². The van der Waals surface area contributed by atoms with E-state index in [9.17, 15) is 4.79 Å². The Morgan fingerprint density at radius 1 is 1.21 bits per heavy atom. The number of nitrogens with one attached hydrogen (secondary N) is 1. The number of hydrogen-bond acceptors (Lipinski definition) is 2. The summed E-state index contributed by atoms with van der Waals surface area (Å²) in [5.74, 6) is 0. The van der Waals surface area contributed by atoms with Gasteiger partial charge in [-0.2, -0.15) is 0 Å². The minimum Gasteiger partial charge on any atom is -0.338 e. The van der Waals surface area contributed by atoms with Crippen LogP contribution >= 0.6 is 0 Å². The van der Waals surface area contributed by atoms with E-state index in [-0.39, 0.29) is 5.63 Å². The third kappa shape index (κ3) is 0.894. The van der Waals surface area contributed by atoms with Gasteiger partial charge in [-0.25, -0.2) is 9.95 Å². The second-order valence-corrected chi connectivity index (χ2v) is 3.50. The molecule has 1 heterocycles. The lowest BCUT2D eigenvalue weighted by atomic mass is 9.91. The van der Waals surface area contributed by atoms with E-state index in [0.717, 1.165) is 29.7 Å². The molecule has 0 radical (unpaired) electrons. The number of aromatic nitrogens is 1. The van der Waals surface area contributed by atoms with Crippen LogP contribution in [0.2, 0.25) is 0 Å². The summed E-state index contributed by atoms with van der Waals surface area (Å²) in [5.41, 5.74) is 3.78. The normalized spacial score (nSPS) is 13.4. The van der Waals surface area contributed by atoms with Gasteiger partial charge in [0.25, 0.3) is 0 Å². The molecule has 0 amide bonds. The lowest BCUT2D eigenvalue weighted by Gasteiger charge is -2.13. The van der Waals surface area contributed by atoms with E-state index >= 15 is 0 Å². The van der Waals surface area contributed by atoms with Gasteiger partial charge in [0.2, 0.25) is 0 Å². The van der Waals surface area contributed by atoms with Crippen LogP contribution in [0.15, 0.2) is 33.6 Å². The van der Waals surface area contributed by atoms with Gasteiger partial charge >= 0.3 is 5.63 Å². The molecule has 1 aromatic carbocycles. The van der Waals surface area contributed by atoms with E-state index in [1.54, 1.807) is 0 Å². The van der Waals surface area contributed by atoms with E-state index < -0.39 is 0 Å². The Kier molecular flexibility index (Phi) is 1.42. The fraction of sp³-hybridized carbons (Fsp3) is 0.182. The van der Waals surface area contributed by atoms with Crippen molar-refractivity contribution in [1.29, 1.82) is 0 Å². The minimum absolute atomic E-state index is 0.227. The average Bonchev–Trinajstić information content (AvgIpc) is 2.61. The molecule has 0 saturated heterocycles. The van der Waals surface area contributed by atoms with Crippen LogP contribution < -0.4 is 5.63 Å². The van der Waals surface area contributed by atoms with Crippen molar-refractivity contribution in [3.05, 3.63) is 45.8 Å². The number of aryl methyl sites for hydroxylation is 1. The molecular weight excluding hydrogens is 178 g/mol. The first-order valence-corrected chi connectivity index (χ1v) is 4.65. The van der Waals surface area contributed by atoms with Crippen LogP contribution in [-0.4, -0.2) is 5.16 Å². The molecule has 1 N–H and O–H groups in total. The Morgan fingerprint density at radius 2 is 2.07 bits per heavy atom. The molecule has 0 fully saturated rings. The first-order chi connectivity index (χ1) is 6.86. The summed E-state index contributed by atoms with van der Waals surface area (Å²) in [6.07, 6.45) is 1.70. The van der Waals surface area contributed by atoms with Crippen LogP contribution in [0.1, 0.15) is 11.1 Å². The van der Waals surface area contributed by atoms with Crippen LogP contribution in [0.25, 0.3) is 11.3 Å². The summed E-state index contributed by atoms with van der Waals surface area (Å²) >= 11 is 0. The van der Waals surface area contributed by atoms with Gasteiger partial charge in [-0.1, -0.05) is 24.3 Å². The maximum absolute atomic E-state index is 11.3. The van der Waals surface area contributed by atoms with Gasteiger partial charge in [0.05, 0.1) is 11.3 Å². The zero-order valence-corrected chi connectivity index (χ0v) is 7.54. The molecule has 3 nitrogen and oxygen atoms in total. The van der Waals surface area contributed by atoms with E-state index in [2.05, 4.69) is 11.2 Å². The molecule has 70 valence electrons. The monoisotopic (exact) mass is 187 g/mol. The van der Waals surface area contributed by atoms with Crippen molar-refractivity contribution in [3.63, 3.8) is 0 Å². The molecule has 3 rings (SSSR count). The smallest absolute Gasteiger partial charge is 0.338 e. The quantitative estimate of drug-likeness (QED) is 0.682. The summed E-state index contributed by atoms with van der Waals surface area (Å²) in [7, 11) is 0. The summed E-state index contributed by atoms with van der Waals surface area (Å²) in [5, 5.41) is 2.69. The molecule has 3 heteroatoms. The molecule has 0 unspecified atom stereocenters. The van der Waals surface area contributed by atoms with Crippen molar-refractivity contribution in [2.24, 2.45) is 0 Å². The Morgan fingerprint density at radius 3 is 3.00 bits per heavy atom. The van der Waals surface area contributed by atoms with E-state index in [4.69, 9.17) is 4.52 Å². The van der Waals surface area contributed by atoms with Gasteiger partial charge in [-0.05, 0) is 18.4 Å². The SMILES string of the molecule is O=c1o[nH]c2c1CCc1ccccc1-2. The van der Waals surface area contributed by atoms with Crippen LogP contribution in [0, 0.1) is 0 Å². The van der Waals surface area contributed by atoms with E-state index in [1.807, 2.05) is 18.2 Å². The lowest BCUT2D eigenvalue weighted by Crippen LogP contribution is -2.09. The largest absolute Gasteiger partial charge is 0.361 e. The molecule has 0 atom stereocenters. The molecule has 0 spiro atoms. The zero-order valence-electron chi connectivity index (χ0n) is 7.54. The van der Waals surface area contributed by atoms with Crippen molar-refractivity contribution in [1.82, 2.24) is 5.16 Å². The predicted octanol–water partition coefficient (Wildman–Crippen LogP) is 1.73. The second kappa shape index (κ2) is 2.61. The van der Waals surface area contributed by atoms with Crippen LogP contribution in [0.4, 0.5) is 0 Å². The third-order valence-corrected chi connectivity index (χ3v) is 2.73. The van der Waals surface area contributed by atoms with Gasteiger partial charge < -0.3 is 4.52 Å². The van der Waals surface area contributed by atoms with E-state index in [0.29, 0.717) is 0 Å². The third-order valence-electron chi connectivity index (χ3n) is 2.73. The van der Waals surface area contributed by atoms with E-state index in [1.165, 1.54) is 5.56 Å². The molecule has 0 aliphatic heterocycles. The van der Waals surface area contributed by atoms with Crippen molar-refractivity contribution < 1.29 is 4.52 Å². The number of benzene rings is 1. The fourth-order valence-corrected chi connectivity index (χ4v) is 2.01. The van der Waals surface area contributed by atoms with Crippen LogP contribution in [-0.2, 0) is 12.8 Å². The van der Waals surface area contributed by atoms with Gasteiger partial charge in [0, 0.05) is 5.56 Å².